The molecule has 0 aliphatic carbocycles. The SMILES string of the molecule is O=C(C[C@H]1CN(C(=O)COc2ccc(F)cc2)CC[C@@H]1Oc1cccc(Cl)c1)N1CCOCC1. The van der Waals surface area contributed by atoms with Gasteiger partial charge in [-0.25, -0.2) is 4.39 Å². The van der Waals surface area contributed by atoms with Crippen molar-refractivity contribution in [2.75, 3.05) is 46.0 Å². The lowest BCUT2D eigenvalue weighted by Gasteiger charge is -2.39. The molecule has 0 spiro atoms. The van der Waals surface area contributed by atoms with Crippen LogP contribution in [0.5, 0.6) is 11.5 Å². The molecule has 4 rings (SSSR count). The Balaban J connectivity index is 1.40. The number of hydrogen-bond donors (Lipinski definition) is 0. The molecule has 2 aromatic rings. The van der Waals surface area contributed by atoms with Gasteiger partial charge in [0.25, 0.3) is 5.91 Å². The summed E-state index contributed by atoms with van der Waals surface area (Å²) in [7, 11) is 0. The van der Waals surface area contributed by atoms with Gasteiger partial charge in [0, 0.05) is 50.0 Å². The Morgan fingerprint density at radius 3 is 2.50 bits per heavy atom. The molecule has 9 heteroatoms. The maximum Gasteiger partial charge on any atom is 0.260 e. The number of carbonyl (C=O) groups is 2. The lowest BCUT2D eigenvalue weighted by atomic mass is 9.90. The van der Waals surface area contributed by atoms with Crippen LogP contribution in [0.1, 0.15) is 12.8 Å². The minimum atomic E-state index is -0.367. The van der Waals surface area contributed by atoms with E-state index in [1.807, 2.05) is 12.1 Å². The predicted octanol–water partition coefficient (Wildman–Crippen LogP) is 3.40. The van der Waals surface area contributed by atoms with E-state index in [4.69, 9.17) is 25.8 Å². The molecule has 2 aliphatic rings. The fraction of sp³-hybridized carbons (Fsp3) is 0.440. The Morgan fingerprint density at radius 2 is 1.76 bits per heavy atom. The van der Waals surface area contributed by atoms with Crippen LogP contribution >= 0.6 is 11.6 Å². The molecule has 0 radical (unpaired) electrons. The van der Waals surface area contributed by atoms with E-state index in [0.29, 0.717) is 62.3 Å². The summed E-state index contributed by atoms with van der Waals surface area (Å²) in [6, 6.07) is 12.7. The standard InChI is InChI=1S/C25H28ClFN2O5/c26-19-2-1-3-22(15-19)34-23-8-9-29(25(31)17-33-21-6-4-20(27)5-7-21)16-18(23)14-24(30)28-10-12-32-13-11-28/h1-7,15,18,23H,8-14,16-17H2/t18-,23-/m0/s1. The smallest absolute Gasteiger partial charge is 0.260 e. The number of hydrogen-bond acceptors (Lipinski definition) is 5. The van der Waals surface area contributed by atoms with Gasteiger partial charge in [0.2, 0.25) is 5.91 Å². The molecular weight excluding hydrogens is 463 g/mol. The van der Waals surface area contributed by atoms with Crippen molar-refractivity contribution in [3.8, 4) is 11.5 Å². The van der Waals surface area contributed by atoms with Gasteiger partial charge in [0.15, 0.2) is 6.61 Å². The first-order valence-corrected chi connectivity index (χ1v) is 11.8. The molecule has 0 N–H and O–H groups in total. The fourth-order valence-corrected chi connectivity index (χ4v) is 4.42. The Hall–Kier alpha value is -2.84. The molecular formula is C25H28ClFN2O5. The van der Waals surface area contributed by atoms with Crippen molar-refractivity contribution in [2.45, 2.75) is 18.9 Å². The summed E-state index contributed by atoms with van der Waals surface area (Å²) in [5.74, 6) is 0.360. The lowest BCUT2D eigenvalue weighted by Crippen LogP contribution is -2.51. The minimum Gasteiger partial charge on any atom is -0.490 e. The Bertz CT molecular complexity index is 984. The van der Waals surface area contributed by atoms with Crippen LogP contribution in [0.25, 0.3) is 0 Å². The van der Waals surface area contributed by atoms with Crippen LogP contribution in [0.3, 0.4) is 0 Å². The molecule has 2 atom stereocenters. The fourth-order valence-electron chi connectivity index (χ4n) is 4.24. The molecule has 0 bridgehead atoms. The van der Waals surface area contributed by atoms with Crippen LogP contribution in [0.15, 0.2) is 48.5 Å². The van der Waals surface area contributed by atoms with Crippen LogP contribution in [-0.4, -0.2) is 73.7 Å². The first-order valence-electron chi connectivity index (χ1n) is 11.4. The normalized spacial score (nSPS) is 20.6. The summed E-state index contributed by atoms with van der Waals surface area (Å²) in [5, 5.41) is 0.573. The Labute approximate surface area is 203 Å². The molecule has 0 unspecified atom stereocenters. The first kappa shape index (κ1) is 24.3. The van der Waals surface area contributed by atoms with Crippen LogP contribution < -0.4 is 9.47 Å². The number of nitrogens with zero attached hydrogens (tertiary/aromatic N) is 2. The molecule has 2 amide bonds. The number of likely N-dealkylation sites (tertiary alicyclic amines) is 1. The molecule has 2 fully saturated rings. The number of halogens is 2. The van der Waals surface area contributed by atoms with E-state index in [-0.39, 0.29) is 42.7 Å². The topological polar surface area (TPSA) is 68.3 Å². The van der Waals surface area contributed by atoms with Crippen LogP contribution in [0.4, 0.5) is 4.39 Å². The van der Waals surface area contributed by atoms with Gasteiger partial charge in [-0.05, 0) is 42.5 Å². The van der Waals surface area contributed by atoms with E-state index < -0.39 is 0 Å². The van der Waals surface area contributed by atoms with Gasteiger partial charge in [-0.3, -0.25) is 9.59 Å². The van der Waals surface area contributed by atoms with E-state index in [0.717, 1.165) is 0 Å². The molecule has 0 aromatic heterocycles. The van der Waals surface area contributed by atoms with Crippen molar-refractivity contribution < 1.29 is 28.2 Å². The average molecular weight is 491 g/mol. The average Bonchev–Trinajstić information content (AvgIpc) is 2.85. The second-order valence-corrected chi connectivity index (χ2v) is 8.88. The second-order valence-electron chi connectivity index (χ2n) is 8.44. The van der Waals surface area contributed by atoms with Crippen molar-refractivity contribution in [1.82, 2.24) is 9.80 Å². The van der Waals surface area contributed by atoms with Gasteiger partial charge in [-0.15, -0.1) is 0 Å². The van der Waals surface area contributed by atoms with Gasteiger partial charge >= 0.3 is 0 Å². The number of benzene rings is 2. The highest BCUT2D eigenvalue weighted by Crippen LogP contribution is 2.28. The summed E-state index contributed by atoms with van der Waals surface area (Å²) < 4.78 is 30.2. The zero-order chi connectivity index (χ0) is 23.9. The predicted molar refractivity (Wildman–Crippen MR) is 124 cm³/mol. The van der Waals surface area contributed by atoms with Gasteiger partial charge in [0.05, 0.1) is 13.2 Å². The van der Waals surface area contributed by atoms with Crippen molar-refractivity contribution >= 4 is 23.4 Å². The van der Waals surface area contributed by atoms with Crippen molar-refractivity contribution in [3.63, 3.8) is 0 Å². The summed E-state index contributed by atoms with van der Waals surface area (Å²) in [4.78, 5) is 29.3. The number of carbonyl (C=O) groups excluding carboxylic acids is 2. The van der Waals surface area contributed by atoms with Crippen LogP contribution in [0.2, 0.25) is 5.02 Å². The maximum absolute atomic E-state index is 13.1. The third-order valence-electron chi connectivity index (χ3n) is 6.08. The van der Waals surface area contributed by atoms with Gasteiger partial charge in [-0.2, -0.15) is 0 Å². The quantitative estimate of drug-likeness (QED) is 0.595. The third-order valence-corrected chi connectivity index (χ3v) is 6.31. The summed E-state index contributed by atoms with van der Waals surface area (Å²) >= 11 is 6.10. The first-order chi connectivity index (χ1) is 16.5. The minimum absolute atomic E-state index is 0.0323. The molecule has 34 heavy (non-hydrogen) atoms. The largest absolute Gasteiger partial charge is 0.490 e. The maximum atomic E-state index is 13.1. The number of ether oxygens (including phenoxy) is 3. The third kappa shape index (κ3) is 6.61. The van der Waals surface area contributed by atoms with Crippen molar-refractivity contribution in [1.29, 1.82) is 0 Å². The molecule has 182 valence electrons. The van der Waals surface area contributed by atoms with E-state index in [9.17, 15) is 14.0 Å². The monoisotopic (exact) mass is 490 g/mol. The number of morpholine rings is 1. The van der Waals surface area contributed by atoms with Gasteiger partial charge in [0.1, 0.15) is 23.4 Å². The van der Waals surface area contributed by atoms with Crippen molar-refractivity contribution in [2.24, 2.45) is 5.92 Å². The molecule has 0 saturated carbocycles. The number of amides is 2. The summed E-state index contributed by atoms with van der Waals surface area (Å²) in [6.07, 6.45) is 0.620. The highest BCUT2D eigenvalue weighted by atomic mass is 35.5. The Morgan fingerprint density at radius 1 is 1.00 bits per heavy atom. The highest BCUT2D eigenvalue weighted by molar-refractivity contribution is 6.30. The molecule has 2 saturated heterocycles. The number of rotatable bonds is 7. The summed E-state index contributed by atoms with van der Waals surface area (Å²) in [6.45, 7) is 2.91. The second kappa shape index (κ2) is 11.5. The van der Waals surface area contributed by atoms with Crippen LogP contribution in [0, 0.1) is 11.7 Å². The number of piperidine rings is 1. The van der Waals surface area contributed by atoms with E-state index in [1.54, 1.807) is 21.9 Å². The van der Waals surface area contributed by atoms with E-state index in [2.05, 4.69) is 0 Å². The van der Waals surface area contributed by atoms with E-state index in [1.165, 1.54) is 24.3 Å². The highest BCUT2D eigenvalue weighted by Gasteiger charge is 2.35. The Kier molecular flexibility index (Phi) is 8.24. The zero-order valence-electron chi connectivity index (χ0n) is 18.8. The van der Waals surface area contributed by atoms with Crippen LogP contribution in [-0.2, 0) is 14.3 Å². The molecule has 2 heterocycles. The molecule has 2 aromatic carbocycles. The van der Waals surface area contributed by atoms with E-state index >= 15 is 0 Å². The summed E-state index contributed by atoms with van der Waals surface area (Å²) in [5.41, 5.74) is 0. The van der Waals surface area contributed by atoms with Gasteiger partial charge < -0.3 is 24.0 Å². The molecule has 7 nitrogen and oxygen atoms in total. The van der Waals surface area contributed by atoms with Crippen molar-refractivity contribution in [3.05, 3.63) is 59.4 Å². The van der Waals surface area contributed by atoms with Gasteiger partial charge in [-0.1, -0.05) is 17.7 Å². The zero-order valence-corrected chi connectivity index (χ0v) is 19.6. The molecule has 2 aliphatic heterocycles. The lowest BCUT2D eigenvalue weighted by molar-refractivity contribution is -0.142.